The fourth-order valence-electron chi connectivity index (χ4n) is 3.10. The second-order valence-corrected chi connectivity index (χ2v) is 7.03. The van der Waals surface area contributed by atoms with Crippen molar-refractivity contribution in [2.75, 3.05) is 35.2 Å². The van der Waals surface area contributed by atoms with Gasteiger partial charge < -0.3 is 20.6 Å². The molecular weight excluding hydrogens is 350 g/mol. The molecule has 138 valence electrons. The summed E-state index contributed by atoms with van der Waals surface area (Å²) in [5.74, 6) is -0.153. The summed E-state index contributed by atoms with van der Waals surface area (Å²) >= 11 is 6.17. The van der Waals surface area contributed by atoms with Crippen molar-refractivity contribution >= 4 is 34.6 Å². The number of carbonyl (C=O) groups is 1. The molecule has 2 aromatic rings. The van der Waals surface area contributed by atoms with Gasteiger partial charge in [0.2, 0.25) is 5.91 Å². The molecule has 5 nitrogen and oxygen atoms in total. The molecule has 1 saturated heterocycles. The van der Waals surface area contributed by atoms with E-state index in [0.29, 0.717) is 10.7 Å². The molecule has 26 heavy (non-hydrogen) atoms. The van der Waals surface area contributed by atoms with Crippen LogP contribution in [0.3, 0.4) is 0 Å². The van der Waals surface area contributed by atoms with Gasteiger partial charge in [0.05, 0.1) is 34.7 Å². The van der Waals surface area contributed by atoms with Crippen LogP contribution in [-0.2, 0) is 4.79 Å². The highest BCUT2D eigenvalue weighted by atomic mass is 35.5. The van der Waals surface area contributed by atoms with E-state index in [2.05, 4.69) is 15.5 Å². The third kappa shape index (κ3) is 4.68. The van der Waals surface area contributed by atoms with E-state index in [4.69, 9.17) is 11.6 Å². The van der Waals surface area contributed by atoms with Crippen LogP contribution in [0.15, 0.2) is 42.5 Å². The molecule has 1 amide bonds. The summed E-state index contributed by atoms with van der Waals surface area (Å²) < 4.78 is 0. The minimum absolute atomic E-state index is 0.150. The maximum Gasteiger partial charge on any atom is 0.243 e. The number of nitrogens with one attached hydrogen (secondary N) is 2. The summed E-state index contributed by atoms with van der Waals surface area (Å²) in [6.45, 7) is 3.73. The quantitative estimate of drug-likeness (QED) is 0.748. The van der Waals surface area contributed by atoms with Crippen molar-refractivity contribution < 1.29 is 9.90 Å². The van der Waals surface area contributed by atoms with Gasteiger partial charge in [-0.15, -0.1) is 0 Å². The average molecular weight is 374 g/mol. The predicted octanol–water partition coefficient (Wildman–Crippen LogP) is 3.66. The molecule has 0 saturated carbocycles. The molecule has 0 unspecified atom stereocenters. The van der Waals surface area contributed by atoms with Gasteiger partial charge in [0, 0.05) is 13.1 Å². The molecule has 0 spiro atoms. The number of benzene rings is 2. The zero-order valence-corrected chi connectivity index (χ0v) is 15.6. The van der Waals surface area contributed by atoms with E-state index in [9.17, 15) is 9.90 Å². The second-order valence-electron chi connectivity index (χ2n) is 6.62. The average Bonchev–Trinajstić information content (AvgIpc) is 2.63. The van der Waals surface area contributed by atoms with Crippen molar-refractivity contribution in [2.45, 2.75) is 25.9 Å². The number of hydrogen-bond acceptors (Lipinski definition) is 4. The molecule has 1 aliphatic rings. The van der Waals surface area contributed by atoms with Crippen LogP contribution in [0.5, 0.6) is 0 Å². The standard InChI is InChI=1S/C20H24ClN3O2/c1-14-6-7-17(16(21)12-14)23-20(26)13-22-18-4-2-3-5-19(18)24-10-8-15(25)9-11-24/h2-7,12,15,22,25H,8-11,13H2,1H3,(H,23,26). The number of aryl methyl sites for hydroxylation is 1. The lowest BCUT2D eigenvalue weighted by Crippen LogP contribution is -2.36. The molecule has 3 rings (SSSR count). The first-order valence-corrected chi connectivity index (χ1v) is 9.22. The number of anilines is 3. The maximum absolute atomic E-state index is 12.3. The van der Waals surface area contributed by atoms with E-state index in [0.717, 1.165) is 42.9 Å². The molecular formula is C20H24ClN3O2. The fraction of sp³-hybridized carbons (Fsp3) is 0.350. The van der Waals surface area contributed by atoms with Gasteiger partial charge in [0.15, 0.2) is 0 Å². The zero-order chi connectivity index (χ0) is 18.5. The number of halogens is 1. The summed E-state index contributed by atoms with van der Waals surface area (Å²) in [6.07, 6.45) is 1.32. The monoisotopic (exact) mass is 373 g/mol. The number of aliphatic hydroxyl groups is 1. The lowest BCUT2D eigenvalue weighted by molar-refractivity contribution is -0.114. The van der Waals surface area contributed by atoms with Gasteiger partial charge in [-0.1, -0.05) is 29.8 Å². The van der Waals surface area contributed by atoms with Gasteiger partial charge in [-0.2, -0.15) is 0 Å². The normalized spacial score (nSPS) is 15.0. The van der Waals surface area contributed by atoms with E-state index in [1.165, 1.54) is 0 Å². The first-order chi connectivity index (χ1) is 12.5. The van der Waals surface area contributed by atoms with Crippen molar-refractivity contribution in [2.24, 2.45) is 0 Å². The highest BCUT2D eigenvalue weighted by Gasteiger charge is 2.19. The van der Waals surface area contributed by atoms with Crippen molar-refractivity contribution in [3.05, 3.63) is 53.1 Å². The molecule has 2 aromatic carbocycles. The fourth-order valence-corrected chi connectivity index (χ4v) is 3.38. The van der Waals surface area contributed by atoms with Crippen molar-refractivity contribution in [1.29, 1.82) is 0 Å². The second kappa shape index (κ2) is 8.43. The van der Waals surface area contributed by atoms with E-state index in [1.54, 1.807) is 0 Å². The SMILES string of the molecule is Cc1ccc(NC(=O)CNc2ccccc2N2CCC(O)CC2)c(Cl)c1. The number of piperidine rings is 1. The molecule has 0 radical (unpaired) electrons. The summed E-state index contributed by atoms with van der Waals surface area (Å²) in [5.41, 5.74) is 3.63. The van der Waals surface area contributed by atoms with Crippen molar-refractivity contribution in [3.8, 4) is 0 Å². The van der Waals surface area contributed by atoms with Crippen LogP contribution in [0.4, 0.5) is 17.1 Å². The van der Waals surface area contributed by atoms with Crippen LogP contribution in [0.1, 0.15) is 18.4 Å². The molecule has 6 heteroatoms. The number of rotatable bonds is 5. The molecule has 0 aromatic heterocycles. The Morgan fingerprint density at radius 1 is 1.19 bits per heavy atom. The molecule has 0 atom stereocenters. The number of carbonyl (C=O) groups excluding carboxylic acids is 1. The Labute approximate surface area is 159 Å². The smallest absolute Gasteiger partial charge is 0.243 e. The first kappa shape index (κ1) is 18.5. The van der Waals surface area contributed by atoms with Gasteiger partial charge >= 0.3 is 0 Å². The number of hydrogen-bond donors (Lipinski definition) is 3. The van der Waals surface area contributed by atoms with Gasteiger partial charge in [-0.3, -0.25) is 4.79 Å². The summed E-state index contributed by atoms with van der Waals surface area (Å²) in [7, 11) is 0. The van der Waals surface area contributed by atoms with Crippen LogP contribution >= 0.6 is 11.6 Å². The Hall–Kier alpha value is -2.24. The highest BCUT2D eigenvalue weighted by Crippen LogP contribution is 2.28. The van der Waals surface area contributed by atoms with Gasteiger partial charge in [0.1, 0.15) is 0 Å². The Morgan fingerprint density at radius 3 is 2.65 bits per heavy atom. The van der Waals surface area contributed by atoms with Gasteiger partial charge in [-0.05, 0) is 49.6 Å². The molecule has 1 heterocycles. The van der Waals surface area contributed by atoms with Gasteiger partial charge in [-0.25, -0.2) is 0 Å². The number of nitrogens with zero attached hydrogens (tertiary/aromatic N) is 1. The molecule has 0 aliphatic carbocycles. The van der Waals surface area contributed by atoms with E-state index in [-0.39, 0.29) is 18.6 Å². The summed E-state index contributed by atoms with van der Waals surface area (Å²) in [6, 6.07) is 13.5. The van der Waals surface area contributed by atoms with Crippen molar-refractivity contribution in [3.63, 3.8) is 0 Å². The third-order valence-corrected chi connectivity index (χ3v) is 4.86. The van der Waals surface area contributed by atoms with Crippen molar-refractivity contribution in [1.82, 2.24) is 0 Å². The molecule has 0 bridgehead atoms. The Kier molecular flexibility index (Phi) is 6.01. The Balaban J connectivity index is 1.61. The van der Waals surface area contributed by atoms with Crippen LogP contribution < -0.4 is 15.5 Å². The van der Waals surface area contributed by atoms with Gasteiger partial charge in [0.25, 0.3) is 0 Å². The lowest BCUT2D eigenvalue weighted by atomic mass is 10.1. The topological polar surface area (TPSA) is 64.6 Å². The number of aliphatic hydroxyl groups excluding tert-OH is 1. The maximum atomic E-state index is 12.3. The third-order valence-electron chi connectivity index (χ3n) is 4.55. The van der Waals surface area contributed by atoms with E-state index < -0.39 is 0 Å². The minimum Gasteiger partial charge on any atom is -0.393 e. The predicted molar refractivity (Wildman–Crippen MR) is 107 cm³/mol. The zero-order valence-electron chi connectivity index (χ0n) is 14.8. The minimum atomic E-state index is -0.212. The highest BCUT2D eigenvalue weighted by molar-refractivity contribution is 6.33. The number of amides is 1. The van der Waals surface area contributed by atoms with Crippen LogP contribution in [0, 0.1) is 6.92 Å². The summed E-state index contributed by atoms with van der Waals surface area (Å²) in [4.78, 5) is 14.5. The van der Waals surface area contributed by atoms with Crippen LogP contribution in [0.25, 0.3) is 0 Å². The summed E-state index contributed by atoms with van der Waals surface area (Å²) in [5, 5.41) is 16.3. The first-order valence-electron chi connectivity index (χ1n) is 8.85. The molecule has 1 fully saturated rings. The van der Waals surface area contributed by atoms with E-state index >= 15 is 0 Å². The van der Waals surface area contributed by atoms with E-state index in [1.807, 2.05) is 49.4 Å². The Bertz CT molecular complexity index is 773. The number of para-hydroxylation sites is 2. The van der Waals surface area contributed by atoms with Crippen LogP contribution in [0.2, 0.25) is 5.02 Å². The lowest BCUT2D eigenvalue weighted by Gasteiger charge is -2.32. The Morgan fingerprint density at radius 2 is 1.92 bits per heavy atom. The van der Waals surface area contributed by atoms with Crippen LogP contribution in [-0.4, -0.2) is 36.8 Å². The largest absolute Gasteiger partial charge is 0.393 e. The molecule has 1 aliphatic heterocycles. The molecule has 3 N–H and O–H groups in total.